The van der Waals surface area contributed by atoms with Crippen LogP contribution >= 0.6 is 0 Å². The minimum absolute atomic E-state index is 0.0568. The molecule has 39 heavy (non-hydrogen) atoms. The summed E-state index contributed by atoms with van der Waals surface area (Å²) in [5.41, 5.74) is 2.76. The van der Waals surface area contributed by atoms with Crippen LogP contribution in [0, 0.1) is 23.5 Å². The lowest BCUT2D eigenvalue weighted by Crippen LogP contribution is -2.35. The molecular formula is C32H36F2N2O3. The second-order valence-corrected chi connectivity index (χ2v) is 10.5. The number of amides is 2. The molecule has 7 heteroatoms. The number of rotatable bonds is 8. The first kappa shape index (κ1) is 28.4. The predicted octanol–water partition coefficient (Wildman–Crippen LogP) is 5.36. The largest absolute Gasteiger partial charge is 0.392 e. The van der Waals surface area contributed by atoms with Crippen LogP contribution < -0.4 is 0 Å². The summed E-state index contributed by atoms with van der Waals surface area (Å²) in [6, 6.07) is 23.2. The Kier molecular flexibility index (Phi) is 9.82. The summed E-state index contributed by atoms with van der Waals surface area (Å²) in [6.45, 7) is 4.65. The first-order valence-corrected chi connectivity index (χ1v) is 13.6. The fourth-order valence-corrected chi connectivity index (χ4v) is 5.33. The molecule has 5 rings (SSSR count). The molecule has 2 amide bonds. The highest BCUT2D eigenvalue weighted by molar-refractivity contribution is 5.81. The Hall–Kier alpha value is -3.58. The monoisotopic (exact) mass is 534 g/mol. The molecule has 2 aliphatic heterocycles. The molecule has 3 aromatic rings. The summed E-state index contributed by atoms with van der Waals surface area (Å²) >= 11 is 0. The van der Waals surface area contributed by atoms with E-state index in [1.807, 2.05) is 53.4 Å². The zero-order chi connectivity index (χ0) is 27.8. The molecule has 1 N–H and O–H groups in total. The average Bonchev–Trinajstić information content (AvgIpc) is 3.49. The summed E-state index contributed by atoms with van der Waals surface area (Å²) in [7, 11) is 0. The molecule has 0 radical (unpaired) electrons. The first-order chi connectivity index (χ1) is 18.8. The maximum Gasteiger partial charge on any atom is 0.228 e. The van der Waals surface area contributed by atoms with E-state index >= 15 is 0 Å². The van der Waals surface area contributed by atoms with Crippen LogP contribution in [0.2, 0.25) is 0 Å². The number of hydrogen-bond acceptors (Lipinski definition) is 3. The number of carbonyl (C=O) groups is 2. The second-order valence-electron chi connectivity index (χ2n) is 10.5. The van der Waals surface area contributed by atoms with Gasteiger partial charge in [0.15, 0.2) is 0 Å². The van der Waals surface area contributed by atoms with Gasteiger partial charge >= 0.3 is 0 Å². The van der Waals surface area contributed by atoms with Crippen LogP contribution in [0.3, 0.4) is 0 Å². The molecule has 1 unspecified atom stereocenters. The molecule has 2 fully saturated rings. The maximum atomic E-state index is 13.3. The van der Waals surface area contributed by atoms with Crippen molar-refractivity contribution < 1.29 is 23.5 Å². The molecule has 0 aromatic heterocycles. The molecule has 2 saturated heterocycles. The van der Waals surface area contributed by atoms with Gasteiger partial charge < -0.3 is 14.9 Å². The van der Waals surface area contributed by atoms with Crippen LogP contribution in [-0.2, 0) is 29.1 Å². The van der Waals surface area contributed by atoms with Crippen molar-refractivity contribution in [1.29, 1.82) is 0 Å². The van der Waals surface area contributed by atoms with Gasteiger partial charge in [-0.25, -0.2) is 8.78 Å². The van der Waals surface area contributed by atoms with Crippen molar-refractivity contribution in [3.8, 4) is 0 Å². The Morgan fingerprint density at radius 2 is 1.38 bits per heavy atom. The number of carbonyl (C=O) groups excluding carboxylic acids is 2. The number of hydrogen-bond donors (Lipinski definition) is 1. The lowest BCUT2D eigenvalue weighted by molar-refractivity contribution is -0.135. The van der Waals surface area contributed by atoms with Gasteiger partial charge in [0.25, 0.3) is 0 Å². The number of aliphatic hydroxyl groups is 1. The van der Waals surface area contributed by atoms with Crippen molar-refractivity contribution in [2.75, 3.05) is 13.1 Å². The van der Waals surface area contributed by atoms with Gasteiger partial charge in [0.2, 0.25) is 11.8 Å². The Morgan fingerprint density at radius 3 is 1.92 bits per heavy atom. The van der Waals surface area contributed by atoms with E-state index in [-0.39, 0.29) is 11.8 Å². The molecule has 0 bridgehead atoms. The van der Waals surface area contributed by atoms with E-state index in [4.69, 9.17) is 0 Å². The minimum Gasteiger partial charge on any atom is -0.392 e. The standard InChI is InChI=1S/C21H23F2NO2.C11H13NO/c1-14(9-16-10-17(22)12-18(23)11-16)20(25)19-7-8-24(21(19)26)13-15-5-3-2-4-6-15;13-11-7-4-8-12(11)9-10-5-2-1-3-6-10/h2-6,10-12,14,19-20,25H,7-9,13H2,1H3;1-3,5-6H,4,7-9H2/t14-,19?,20-;/m0./s1. The van der Waals surface area contributed by atoms with Crippen LogP contribution in [0.1, 0.15) is 42.9 Å². The van der Waals surface area contributed by atoms with Gasteiger partial charge in [0, 0.05) is 38.7 Å². The molecule has 3 atom stereocenters. The molecule has 5 nitrogen and oxygen atoms in total. The highest BCUT2D eigenvalue weighted by atomic mass is 19.1. The van der Waals surface area contributed by atoms with E-state index in [9.17, 15) is 23.5 Å². The van der Waals surface area contributed by atoms with Gasteiger partial charge in [-0.05, 0) is 54.0 Å². The summed E-state index contributed by atoms with van der Waals surface area (Å²) < 4.78 is 26.7. The van der Waals surface area contributed by atoms with Crippen molar-refractivity contribution in [2.45, 2.75) is 51.8 Å². The topological polar surface area (TPSA) is 60.9 Å². The second kappa shape index (κ2) is 13.5. The summed E-state index contributed by atoms with van der Waals surface area (Å²) in [5.74, 6) is -1.77. The normalized spacial score (nSPS) is 18.6. The third-order valence-corrected chi connectivity index (χ3v) is 7.42. The third kappa shape index (κ3) is 7.96. The number of halogens is 2. The van der Waals surface area contributed by atoms with Crippen molar-refractivity contribution >= 4 is 11.8 Å². The summed E-state index contributed by atoms with van der Waals surface area (Å²) in [6.07, 6.45) is 1.82. The maximum absolute atomic E-state index is 13.3. The lowest BCUT2D eigenvalue weighted by atomic mass is 9.87. The van der Waals surface area contributed by atoms with Gasteiger partial charge in [0.05, 0.1) is 12.0 Å². The number of likely N-dealkylation sites (tertiary alicyclic amines) is 2. The van der Waals surface area contributed by atoms with E-state index in [0.29, 0.717) is 37.4 Å². The zero-order valence-corrected chi connectivity index (χ0v) is 22.3. The van der Waals surface area contributed by atoms with E-state index < -0.39 is 23.7 Å². The quantitative estimate of drug-likeness (QED) is 0.423. The Bertz CT molecular complexity index is 1220. The first-order valence-electron chi connectivity index (χ1n) is 13.6. The summed E-state index contributed by atoms with van der Waals surface area (Å²) in [4.78, 5) is 27.7. The van der Waals surface area contributed by atoms with Gasteiger partial charge in [-0.3, -0.25) is 9.59 Å². The molecular weight excluding hydrogens is 498 g/mol. The van der Waals surface area contributed by atoms with Crippen molar-refractivity contribution in [3.63, 3.8) is 0 Å². The number of aliphatic hydroxyl groups excluding tert-OH is 1. The van der Waals surface area contributed by atoms with Gasteiger partial charge in [-0.15, -0.1) is 0 Å². The molecule has 0 spiro atoms. The van der Waals surface area contributed by atoms with Crippen molar-refractivity contribution in [2.24, 2.45) is 11.8 Å². The molecule has 0 saturated carbocycles. The van der Waals surface area contributed by atoms with Crippen LogP contribution in [0.5, 0.6) is 0 Å². The van der Waals surface area contributed by atoms with Crippen LogP contribution in [0.4, 0.5) is 8.78 Å². The van der Waals surface area contributed by atoms with Crippen molar-refractivity contribution in [3.05, 3.63) is 107 Å². The van der Waals surface area contributed by atoms with Gasteiger partial charge in [-0.2, -0.15) is 0 Å². The molecule has 0 aliphatic carbocycles. The molecule has 3 aromatic carbocycles. The number of benzene rings is 3. The molecule has 2 aliphatic rings. The SMILES string of the molecule is C[C@@H](Cc1cc(F)cc(F)c1)[C@H](O)C1CCN(Cc2ccccc2)C1=O.O=C1CCCN1Cc1ccccc1. The van der Waals surface area contributed by atoms with Crippen LogP contribution in [0.25, 0.3) is 0 Å². The van der Waals surface area contributed by atoms with Crippen LogP contribution in [-0.4, -0.2) is 45.9 Å². The smallest absolute Gasteiger partial charge is 0.228 e. The highest BCUT2D eigenvalue weighted by Crippen LogP contribution is 2.28. The lowest BCUT2D eigenvalue weighted by Gasteiger charge is -2.24. The Balaban J connectivity index is 0.000000226. The summed E-state index contributed by atoms with van der Waals surface area (Å²) in [5, 5.41) is 10.6. The predicted molar refractivity (Wildman–Crippen MR) is 146 cm³/mol. The minimum atomic E-state index is -0.838. The number of nitrogens with zero attached hydrogens (tertiary/aromatic N) is 2. The zero-order valence-electron chi connectivity index (χ0n) is 22.3. The highest BCUT2D eigenvalue weighted by Gasteiger charge is 2.38. The fourth-order valence-electron chi connectivity index (χ4n) is 5.33. The van der Waals surface area contributed by atoms with Crippen LogP contribution in [0.15, 0.2) is 78.9 Å². The third-order valence-electron chi connectivity index (χ3n) is 7.42. The van der Waals surface area contributed by atoms with E-state index in [0.717, 1.165) is 37.6 Å². The van der Waals surface area contributed by atoms with Crippen molar-refractivity contribution in [1.82, 2.24) is 9.80 Å². The Labute approximate surface area is 229 Å². The van der Waals surface area contributed by atoms with Gasteiger partial charge in [-0.1, -0.05) is 67.6 Å². The van der Waals surface area contributed by atoms with E-state index in [1.165, 1.54) is 17.7 Å². The fraction of sp³-hybridized carbons (Fsp3) is 0.375. The molecule has 206 valence electrons. The Morgan fingerprint density at radius 1 is 0.821 bits per heavy atom. The van der Waals surface area contributed by atoms with E-state index in [1.54, 1.807) is 11.8 Å². The van der Waals surface area contributed by atoms with Gasteiger partial charge in [0.1, 0.15) is 11.6 Å². The average molecular weight is 535 g/mol. The molecule has 2 heterocycles. The van der Waals surface area contributed by atoms with E-state index in [2.05, 4.69) is 12.1 Å².